The van der Waals surface area contributed by atoms with E-state index in [9.17, 15) is 14.4 Å². The van der Waals surface area contributed by atoms with Crippen LogP contribution < -0.4 is 16.0 Å². The molecule has 0 fully saturated rings. The first-order valence-corrected chi connectivity index (χ1v) is 8.30. The molecule has 0 spiro atoms. The molecule has 0 radical (unpaired) electrons. The number of para-hydroxylation sites is 2. The second-order valence-corrected chi connectivity index (χ2v) is 5.78. The predicted octanol–water partition coefficient (Wildman–Crippen LogP) is 2.62. The first kappa shape index (κ1) is 17.5. The third-order valence-electron chi connectivity index (χ3n) is 3.90. The van der Waals surface area contributed by atoms with Gasteiger partial charge in [0, 0.05) is 5.69 Å². The molecule has 2 aromatic carbocycles. The summed E-state index contributed by atoms with van der Waals surface area (Å²) < 4.78 is 4.91. The van der Waals surface area contributed by atoms with Gasteiger partial charge in [0.25, 0.3) is 0 Å². The highest BCUT2D eigenvalue weighted by Gasteiger charge is 2.27. The molecule has 26 heavy (non-hydrogen) atoms. The summed E-state index contributed by atoms with van der Waals surface area (Å²) in [4.78, 5) is 36.0. The number of hydrogen-bond acceptors (Lipinski definition) is 5. The second kappa shape index (κ2) is 7.69. The first-order valence-electron chi connectivity index (χ1n) is 8.30. The van der Waals surface area contributed by atoms with Gasteiger partial charge < -0.3 is 20.7 Å². The summed E-state index contributed by atoms with van der Waals surface area (Å²) in [5.41, 5.74) is 2.43. The maximum atomic E-state index is 12.2. The largest absolute Gasteiger partial charge is 0.462 e. The molecule has 0 bridgehead atoms. The van der Waals surface area contributed by atoms with Crippen molar-refractivity contribution in [3.05, 3.63) is 54.1 Å². The van der Waals surface area contributed by atoms with Gasteiger partial charge in [-0.2, -0.15) is 0 Å². The lowest BCUT2D eigenvalue weighted by atomic mass is 10.1. The molecular formula is C19H19N3O4. The zero-order valence-electron chi connectivity index (χ0n) is 14.2. The normalized spacial score (nSPS) is 15.3. The van der Waals surface area contributed by atoms with E-state index in [2.05, 4.69) is 16.0 Å². The molecule has 3 N–H and O–H groups in total. The Morgan fingerprint density at radius 2 is 1.77 bits per heavy atom. The molecule has 1 aliphatic heterocycles. The molecule has 0 saturated heterocycles. The van der Waals surface area contributed by atoms with E-state index in [0.717, 1.165) is 5.69 Å². The van der Waals surface area contributed by atoms with Gasteiger partial charge in [0.2, 0.25) is 11.8 Å². The molecule has 1 aliphatic rings. The standard InChI is InChI=1S/C19H19N3O4/c1-2-26-19(25)12-7-9-13(10-8-12)20-17(23)11-16-18(24)22-15-6-4-3-5-14(15)21-16/h3-10,16,21H,2,11H2,1H3,(H,20,23)(H,22,24)/t16-/m0/s1. The number of amides is 2. The maximum Gasteiger partial charge on any atom is 0.338 e. The number of nitrogens with one attached hydrogen (secondary N) is 3. The van der Waals surface area contributed by atoms with E-state index in [1.165, 1.54) is 0 Å². The SMILES string of the molecule is CCOC(=O)c1ccc(NC(=O)C[C@@H]2Nc3ccccc3NC2=O)cc1. The molecule has 2 aromatic rings. The summed E-state index contributed by atoms with van der Waals surface area (Å²) >= 11 is 0. The third-order valence-corrected chi connectivity index (χ3v) is 3.90. The number of esters is 1. The smallest absolute Gasteiger partial charge is 0.338 e. The van der Waals surface area contributed by atoms with Crippen LogP contribution in [0.25, 0.3) is 0 Å². The fourth-order valence-electron chi connectivity index (χ4n) is 2.64. The fraction of sp³-hybridized carbons (Fsp3) is 0.211. The van der Waals surface area contributed by atoms with E-state index in [1.807, 2.05) is 18.2 Å². The summed E-state index contributed by atoms with van der Waals surface area (Å²) in [6.07, 6.45) is -0.0141. The van der Waals surface area contributed by atoms with Crippen molar-refractivity contribution in [1.82, 2.24) is 0 Å². The van der Waals surface area contributed by atoms with Gasteiger partial charge in [0.15, 0.2) is 0 Å². The maximum absolute atomic E-state index is 12.2. The predicted molar refractivity (Wildman–Crippen MR) is 98.1 cm³/mol. The topological polar surface area (TPSA) is 96.5 Å². The van der Waals surface area contributed by atoms with Gasteiger partial charge in [-0.25, -0.2) is 4.79 Å². The summed E-state index contributed by atoms with van der Waals surface area (Å²) in [7, 11) is 0. The number of benzene rings is 2. The minimum Gasteiger partial charge on any atom is -0.462 e. The molecule has 0 unspecified atom stereocenters. The van der Waals surface area contributed by atoms with Gasteiger partial charge in [-0.3, -0.25) is 9.59 Å². The number of carbonyl (C=O) groups excluding carboxylic acids is 3. The third kappa shape index (κ3) is 4.00. The highest BCUT2D eigenvalue weighted by molar-refractivity contribution is 6.06. The molecule has 0 aliphatic carbocycles. The number of rotatable bonds is 5. The van der Waals surface area contributed by atoms with E-state index < -0.39 is 12.0 Å². The number of fused-ring (bicyclic) bond motifs is 1. The molecule has 0 saturated carbocycles. The highest BCUT2D eigenvalue weighted by atomic mass is 16.5. The molecule has 7 heteroatoms. The Bertz CT molecular complexity index is 833. The Morgan fingerprint density at radius 3 is 2.46 bits per heavy atom. The van der Waals surface area contributed by atoms with Crippen LogP contribution in [-0.2, 0) is 14.3 Å². The Labute approximate surface area is 150 Å². The van der Waals surface area contributed by atoms with Crippen LogP contribution in [0.5, 0.6) is 0 Å². The van der Waals surface area contributed by atoms with E-state index in [4.69, 9.17) is 4.74 Å². The van der Waals surface area contributed by atoms with Crippen molar-refractivity contribution in [2.24, 2.45) is 0 Å². The number of ether oxygens (including phenoxy) is 1. The molecule has 3 rings (SSSR count). The lowest BCUT2D eigenvalue weighted by Crippen LogP contribution is -2.41. The Hall–Kier alpha value is -3.35. The van der Waals surface area contributed by atoms with Crippen LogP contribution in [0.15, 0.2) is 48.5 Å². The minimum absolute atomic E-state index is 0.0141. The van der Waals surface area contributed by atoms with Gasteiger partial charge in [-0.15, -0.1) is 0 Å². The Balaban J connectivity index is 1.59. The molecule has 1 atom stereocenters. The lowest BCUT2D eigenvalue weighted by Gasteiger charge is -2.26. The van der Waals surface area contributed by atoms with Gasteiger partial charge >= 0.3 is 5.97 Å². The monoisotopic (exact) mass is 353 g/mol. The van der Waals surface area contributed by atoms with Crippen molar-refractivity contribution >= 4 is 34.8 Å². The zero-order chi connectivity index (χ0) is 18.5. The first-order chi connectivity index (χ1) is 12.6. The van der Waals surface area contributed by atoms with Crippen molar-refractivity contribution in [3.8, 4) is 0 Å². The van der Waals surface area contributed by atoms with Gasteiger partial charge in [-0.05, 0) is 43.3 Å². The van der Waals surface area contributed by atoms with Crippen molar-refractivity contribution in [2.45, 2.75) is 19.4 Å². The average molecular weight is 353 g/mol. The van der Waals surface area contributed by atoms with Crippen LogP contribution >= 0.6 is 0 Å². The molecule has 2 amide bonds. The van der Waals surface area contributed by atoms with Crippen LogP contribution in [0.1, 0.15) is 23.7 Å². The van der Waals surface area contributed by atoms with Crippen molar-refractivity contribution in [1.29, 1.82) is 0 Å². The van der Waals surface area contributed by atoms with E-state index in [1.54, 1.807) is 37.3 Å². The van der Waals surface area contributed by atoms with Crippen LogP contribution in [0.4, 0.5) is 17.1 Å². The number of anilines is 3. The summed E-state index contributed by atoms with van der Waals surface area (Å²) in [5, 5.41) is 8.57. The van der Waals surface area contributed by atoms with Crippen LogP contribution in [-0.4, -0.2) is 30.4 Å². The zero-order valence-corrected chi connectivity index (χ0v) is 14.2. The molecule has 0 aromatic heterocycles. The molecule has 7 nitrogen and oxygen atoms in total. The summed E-state index contributed by atoms with van der Waals surface area (Å²) in [6, 6.07) is 13.1. The number of carbonyl (C=O) groups is 3. The lowest BCUT2D eigenvalue weighted by molar-refractivity contribution is -0.122. The molecular weight excluding hydrogens is 334 g/mol. The fourth-order valence-corrected chi connectivity index (χ4v) is 2.64. The average Bonchev–Trinajstić information content (AvgIpc) is 2.63. The van der Waals surface area contributed by atoms with Crippen LogP contribution in [0.2, 0.25) is 0 Å². The Kier molecular flexibility index (Phi) is 5.17. The van der Waals surface area contributed by atoms with E-state index >= 15 is 0 Å². The summed E-state index contributed by atoms with van der Waals surface area (Å²) in [5.74, 6) is -0.968. The van der Waals surface area contributed by atoms with Crippen molar-refractivity contribution < 1.29 is 19.1 Å². The van der Waals surface area contributed by atoms with Gasteiger partial charge in [0.05, 0.1) is 30.0 Å². The van der Waals surface area contributed by atoms with Crippen molar-refractivity contribution in [2.75, 3.05) is 22.6 Å². The minimum atomic E-state index is -0.649. The second-order valence-electron chi connectivity index (χ2n) is 5.78. The molecule has 1 heterocycles. The molecule has 134 valence electrons. The quantitative estimate of drug-likeness (QED) is 0.718. The van der Waals surface area contributed by atoms with Gasteiger partial charge in [0.1, 0.15) is 6.04 Å². The van der Waals surface area contributed by atoms with Gasteiger partial charge in [-0.1, -0.05) is 12.1 Å². The summed E-state index contributed by atoms with van der Waals surface area (Å²) in [6.45, 7) is 2.04. The van der Waals surface area contributed by atoms with Crippen LogP contribution in [0, 0.1) is 0 Å². The number of hydrogen-bond donors (Lipinski definition) is 3. The highest BCUT2D eigenvalue weighted by Crippen LogP contribution is 2.26. The van der Waals surface area contributed by atoms with Crippen LogP contribution in [0.3, 0.4) is 0 Å². The Morgan fingerprint density at radius 1 is 1.08 bits per heavy atom. The van der Waals surface area contributed by atoms with E-state index in [0.29, 0.717) is 23.5 Å². The van der Waals surface area contributed by atoms with E-state index in [-0.39, 0.29) is 18.2 Å². The van der Waals surface area contributed by atoms with Crippen molar-refractivity contribution in [3.63, 3.8) is 0 Å².